The van der Waals surface area contributed by atoms with Crippen LogP contribution in [0.2, 0.25) is 0 Å². The Bertz CT molecular complexity index is 116. The van der Waals surface area contributed by atoms with Gasteiger partial charge in [-0.05, 0) is 0 Å². The van der Waals surface area contributed by atoms with Gasteiger partial charge >= 0.3 is 0 Å². The fourth-order valence-corrected chi connectivity index (χ4v) is 0.876. The lowest BCUT2D eigenvalue weighted by atomic mass is 10.5. The lowest BCUT2D eigenvalue weighted by molar-refractivity contribution is 0.0366. The molecule has 2 atom stereocenters. The molecule has 5 nitrogen and oxygen atoms in total. The zero-order valence-electron chi connectivity index (χ0n) is 7.53. The number of rotatable bonds is 7. The van der Waals surface area contributed by atoms with E-state index in [0.717, 1.165) is 13.2 Å². The van der Waals surface area contributed by atoms with Gasteiger partial charge < -0.3 is 24.4 Å². The first-order chi connectivity index (χ1) is 5.95. The van der Waals surface area contributed by atoms with Gasteiger partial charge in [0, 0.05) is 0 Å². The summed E-state index contributed by atoms with van der Waals surface area (Å²) in [6.07, 6.45) is 0.716. The molecule has 0 spiro atoms. The maximum Gasteiger partial charge on any atom is 0.104 e. The second kappa shape index (κ2) is 5.51. The fourth-order valence-electron chi connectivity index (χ4n) is 0.876. The topological polar surface area (TPSA) is 75.0 Å². The van der Waals surface area contributed by atoms with Crippen molar-refractivity contribution in [3.05, 3.63) is 0 Å². The zero-order valence-corrected chi connectivity index (χ0v) is 7.53. The van der Waals surface area contributed by atoms with Crippen LogP contribution in [0.25, 0.3) is 0 Å². The van der Waals surface area contributed by atoms with Crippen molar-refractivity contribution in [3.63, 3.8) is 0 Å². The van der Waals surface area contributed by atoms with Crippen molar-refractivity contribution in [1.29, 1.82) is 0 Å². The molecule has 2 heterocycles. The quantitative estimate of drug-likeness (QED) is 0.382. The van der Waals surface area contributed by atoms with Crippen molar-refractivity contribution in [1.82, 2.24) is 0 Å². The summed E-state index contributed by atoms with van der Waals surface area (Å²) in [5, 5.41) is 0. The minimum Gasteiger partial charge on any atom is -0.412 e. The molecule has 0 aromatic rings. The Hall–Kier alpha value is -0.200. The van der Waals surface area contributed by atoms with Gasteiger partial charge in [0.1, 0.15) is 12.2 Å². The van der Waals surface area contributed by atoms with Crippen molar-refractivity contribution >= 4 is 0 Å². The Balaban J connectivity index is 0.000000845. The van der Waals surface area contributed by atoms with Gasteiger partial charge in [-0.25, -0.2) is 0 Å². The zero-order chi connectivity index (χ0) is 8.23. The first kappa shape index (κ1) is 10.9. The second-order valence-electron chi connectivity index (χ2n) is 3.06. The van der Waals surface area contributed by atoms with Gasteiger partial charge in [0.15, 0.2) is 0 Å². The van der Waals surface area contributed by atoms with E-state index in [4.69, 9.17) is 18.9 Å². The monoisotopic (exact) mass is 192 g/mol. The van der Waals surface area contributed by atoms with Crippen LogP contribution in [0.3, 0.4) is 0 Å². The average Bonchev–Trinajstić information content (AvgIpc) is 2.89. The molecule has 13 heavy (non-hydrogen) atoms. The van der Waals surface area contributed by atoms with Crippen LogP contribution < -0.4 is 0 Å². The number of epoxide rings is 2. The molecule has 2 aliphatic rings. The molecular formula is C8H16O5. The Labute approximate surface area is 77.2 Å². The molecule has 2 unspecified atom stereocenters. The van der Waals surface area contributed by atoms with E-state index in [1.807, 2.05) is 0 Å². The van der Waals surface area contributed by atoms with Gasteiger partial charge in [-0.15, -0.1) is 0 Å². The standard InChI is InChI=1S/C8H14O4.H2O/c1(9-3-7-5-11-7)2-10-4-8-6-12-8;/h7-8H,1-6H2;1H2. The predicted octanol–water partition coefficient (Wildman–Crippen LogP) is -1.01. The van der Waals surface area contributed by atoms with Gasteiger partial charge in [-0.2, -0.15) is 0 Å². The van der Waals surface area contributed by atoms with Crippen molar-refractivity contribution in [2.75, 3.05) is 39.6 Å². The van der Waals surface area contributed by atoms with Crippen LogP contribution in [0.1, 0.15) is 0 Å². The van der Waals surface area contributed by atoms with Crippen molar-refractivity contribution in [2.45, 2.75) is 12.2 Å². The molecule has 2 rings (SSSR count). The predicted molar refractivity (Wildman–Crippen MR) is 44.7 cm³/mol. The molecule has 2 saturated heterocycles. The normalized spacial score (nSPS) is 29.5. The first-order valence-corrected chi connectivity index (χ1v) is 4.34. The maximum atomic E-state index is 5.27. The van der Waals surface area contributed by atoms with Crippen molar-refractivity contribution < 1.29 is 24.4 Å². The van der Waals surface area contributed by atoms with E-state index in [0.29, 0.717) is 38.6 Å². The Morgan fingerprint density at radius 1 is 0.923 bits per heavy atom. The molecular weight excluding hydrogens is 176 g/mol. The fraction of sp³-hybridized carbons (Fsp3) is 1.00. The number of hydrogen-bond acceptors (Lipinski definition) is 4. The highest BCUT2D eigenvalue weighted by atomic mass is 16.6. The van der Waals surface area contributed by atoms with Gasteiger partial charge in [0.25, 0.3) is 0 Å². The van der Waals surface area contributed by atoms with Gasteiger partial charge in [0.2, 0.25) is 0 Å². The maximum absolute atomic E-state index is 5.27. The molecule has 78 valence electrons. The summed E-state index contributed by atoms with van der Waals surface area (Å²) in [7, 11) is 0. The van der Waals surface area contributed by atoms with Crippen LogP contribution in [0.15, 0.2) is 0 Å². The van der Waals surface area contributed by atoms with E-state index < -0.39 is 0 Å². The van der Waals surface area contributed by atoms with E-state index in [2.05, 4.69) is 0 Å². The van der Waals surface area contributed by atoms with Crippen LogP contribution in [0, 0.1) is 0 Å². The van der Waals surface area contributed by atoms with E-state index >= 15 is 0 Å². The number of ether oxygens (including phenoxy) is 4. The van der Waals surface area contributed by atoms with Crippen LogP contribution >= 0.6 is 0 Å². The summed E-state index contributed by atoms with van der Waals surface area (Å²) >= 11 is 0. The lowest BCUT2D eigenvalue weighted by Crippen LogP contribution is -2.10. The van der Waals surface area contributed by atoms with Gasteiger partial charge in [0.05, 0.1) is 39.6 Å². The minimum absolute atomic E-state index is 0. The Kier molecular flexibility index (Phi) is 4.61. The van der Waals surface area contributed by atoms with Crippen LogP contribution in [-0.4, -0.2) is 57.3 Å². The summed E-state index contributed by atoms with van der Waals surface area (Å²) in [5.74, 6) is 0. The molecule has 0 aliphatic carbocycles. The average molecular weight is 192 g/mol. The van der Waals surface area contributed by atoms with Gasteiger partial charge in [-0.1, -0.05) is 0 Å². The van der Waals surface area contributed by atoms with E-state index in [9.17, 15) is 0 Å². The first-order valence-electron chi connectivity index (χ1n) is 4.34. The largest absolute Gasteiger partial charge is 0.412 e. The molecule has 2 N–H and O–H groups in total. The molecule has 5 heteroatoms. The number of hydrogen-bond donors (Lipinski definition) is 0. The summed E-state index contributed by atoms with van der Waals surface area (Å²) in [6.45, 7) is 4.46. The Morgan fingerprint density at radius 3 is 1.62 bits per heavy atom. The van der Waals surface area contributed by atoms with E-state index in [1.54, 1.807) is 0 Å². The summed E-state index contributed by atoms with van der Waals surface area (Å²) in [4.78, 5) is 0. The SMILES string of the molecule is C(COCC1CO1)OCC1CO1.O. The van der Waals surface area contributed by atoms with Crippen LogP contribution in [0.5, 0.6) is 0 Å². The van der Waals surface area contributed by atoms with Crippen LogP contribution in [0.4, 0.5) is 0 Å². The molecule has 0 aromatic heterocycles. The minimum atomic E-state index is 0. The van der Waals surface area contributed by atoms with Crippen molar-refractivity contribution in [2.24, 2.45) is 0 Å². The Morgan fingerprint density at radius 2 is 1.31 bits per heavy atom. The summed E-state index contributed by atoms with van der Waals surface area (Å²) in [6, 6.07) is 0. The van der Waals surface area contributed by atoms with E-state index in [1.165, 1.54) is 0 Å². The highest BCUT2D eigenvalue weighted by Gasteiger charge is 2.23. The summed E-state index contributed by atoms with van der Waals surface area (Å²) < 4.78 is 20.5. The molecule has 0 amide bonds. The van der Waals surface area contributed by atoms with E-state index in [-0.39, 0.29) is 5.48 Å². The third-order valence-corrected chi connectivity index (χ3v) is 1.78. The molecule has 0 bridgehead atoms. The highest BCUT2D eigenvalue weighted by Crippen LogP contribution is 2.09. The molecule has 2 fully saturated rings. The second-order valence-corrected chi connectivity index (χ2v) is 3.06. The van der Waals surface area contributed by atoms with Crippen LogP contribution in [-0.2, 0) is 18.9 Å². The smallest absolute Gasteiger partial charge is 0.104 e. The lowest BCUT2D eigenvalue weighted by Gasteiger charge is -2.02. The highest BCUT2D eigenvalue weighted by molar-refractivity contribution is 4.68. The molecule has 0 saturated carbocycles. The third-order valence-electron chi connectivity index (χ3n) is 1.78. The molecule has 0 aromatic carbocycles. The third kappa shape index (κ3) is 5.17. The molecule has 0 radical (unpaired) electrons. The van der Waals surface area contributed by atoms with Crippen molar-refractivity contribution in [3.8, 4) is 0 Å². The molecule has 2 aliphatic heterocycles. The summed E-state index contributed by atoms with van der Waals surface area (Å²) in [5.41, 5.74) is 0. The van der Waals surface area contributed by atoms with Gasteiger partial charge in [-0.3, -0.25) is 0 Å².